The lowest BCUT2D eigenvalue weighted by Crippen LogP contribution is -2.26. The van der Waals surface area contributed by atoms with Gasteiger partial charge in [-0.15, -0.1) is 11.3 Å². The van der Waals surface area contributed by atoms with E-state index in [1.807, 2.05) is 19.1 Å². The summed E-state index contributed by atoms with van der Waals surface area (Å²) >= 11 is 1.52. The van der Waals surface area contributed by atoms with Crippen LogP contribution in [0.4, 0.5) is 5.00 Å². The number of hydrogen-bond donors (Lipinski definition) is 1. The maximum atomic E-state index is 12.2. The van der Waals surface area contributed by atoms with E-state index in [0.29, 0.717) is 16.1 Å². The molecule has 2 heterocycles. The van der Waals surface area contributed by atoms with Crippen molar-refractivity contribution in [2.75, 3.05) is 20.7 Å². The molecule has 24 heavy (non-hydrogen) atoms. The normalized spacial score (nSPS) is 14.8. The summed E-state index contributed by atoms with van der Waals surface area (Å²) in [6.07, 6.45) is 2.42. The van der Waals surface area contributed by atoms with Gasteiger partial charge in [-0.05, 0) is 43.7 Å². The Balaban J connectivity index is 2.00. The van der Waals surface area contributed by atoms with Crippen molar-refractivity contribution in [1.82, 2.24) is 4.90 Å². The lowest BCUT2D eigenvalue weighted by molar-refractivity contribution is 0.0600. The Labute approximate surface area is 145 Å². The van der Waals surface area contributed by atoms with Crippen molar-refractivity contribution in [2.45, 2.75) is 19.9 Å². The third-order valence-corrected chi connectivity index (χ3v) is 5.25. The minimum absolute atomic E-state index is 0.180. The smallest absolute Gasteiger partial charge is 0.341 e. The van der Waals surface area contributed by atoms with Crippen molar-refractivity contribution < 1.29 is 14.6 Å². The zero-order valence-corrected chi connectivity index (χ0v) is 14.8. The number of fused-ring (bicyclic) bond motifs is 1. The molecular formula is C18H20N2O3S. The average molecular weight is 344 g/mol. The highest BCUT2D eigenvalue weighted by molar-refractivity contribution is 7.16. The number of rotatable bonds is 3. The molecule has 0 amide bonds. The number of esters is 1. The molecule has 0 saturated carbocycles. The number of hydrogen-bond acceptors (Lipinski definition) is 6. The second-order valence-electron chi connectivity index (χ2n) is 5.98. The van der Waals surface area contributed by atoms with E-state index in [9.17, 15) is 9.90 Å². The van der Waals surface area contributed by atoms with Gasteiger partial charge in [0.2, 0.25) is 0 Å². The van der Waals surface area contributed by atoms with E-state index >= 15 is 0 Å². The quantitative estimate of drug-likeness (QED) is 0.685. The number of methoxy groups -OCH3 is 1. The van der Waals surface area contributed by atoms with Gasteiger partial charge in [-0.3, -0.25) is 0 Å². The van der Waals surface area contributed by atoms with Gasteiger partial charge in [0.15, 0.2) is 0 Å². The summed E-state index contributed by atoms with van der Waals surface area (Å²) in [5, 5.41) is 10.6. The fourth-order valence-electron chi connectivity index (χ4n) is 2.81. The van der Waals surface area contributed by atoms with Gasteiger partial charge in [0.1, 0.15) is 10.8 Å². The van der Waals surface area contributed by atoms with Crippen LogP contribution in [0.1, 0.15) is 31.9 Å². The third kappa shape index (κ3) is 3.20. The molecule has 6 heteroatoms. The molecule has 3 rings (SSSR count). The van der Waals surface area contributed by atoms with Gasteiger partial charge in [-0.2, -0.15) is 0 Å². The Hall–Kier alpha value is -2.18. The summed E-state index contributed by atoms with van der Waals surface area (Å²) in [6, 6.07) is 5.42. The van der Waals surface area contributed by atoms with Crippen LogP contribution in [0.2, 0.25) is 0 Å². The summed E-state index contributed by atoms with van der Waals surface area (Å²) in [7, 11) is 3.45. The molecule has 1 aromatic carbocycles. The van der Waals surface area contributed by atoms with Crippen LogP contribution in [0.3, 0.4) is 0 Å². The average Bonchev–Trinajstić information content (AvgIpc) is 2.90. The maximum Gasteiger partial charge on any atom is 0.341 e. The van der Waals surface area contributed by atoms with Crippen LogP contribution in [0.5, 0.6) is 5.75 Å². The van der Waals surface area contributed by atoms with Crippen LogP contribution in [-0.2, 0) is 17.7 Å². The second-order valence-corrected chi connectivity index (χ2v) is 7.07. The van der Waals surface area contributed by atoms with Crippen LogP contribution in [0.15, 0.2) is 23.2 Å². The van der Waals surface area contributed by atoms with Gasteiger partial charge in [-0.25, -0.2) is 9.79 Å². The topological polar surface area (TPSA) is 62.1 Å². The largest absolute Gasteiger partial charge is 0.507 e. The molecule has 0 atom stereocenters. The number of thiophene rings is 1. The number of nitrogens with zero attached hydrogens (tertiary/aromatic N) is 2. The molecule has 1 N–H and O–H groups in total. The number of benzene rings is 1. The zero-order chi connectivity index (χ0) is 17.3. The summed E-state index contributed by atoms with van der Waals surface area (Å²) in [5.41, 5.74) is 3.22. The van der Waals surface area contributed by atoms with Crippen molar-refractivity contribution >= 4 is 28.5 Å². The molecule has 126 valence electrons. The highest BCUT2D eigenvalue weighted by Crippen LogP contribution is 2.39. The number of aryl methyl sites for hydroxylation is 1. The Morgan fingerprint density at radius 1 is 1.46 bits per heavy atom. The Morgan fingerprint density at radius 2 is 2.25 bits per heavy atom. The molecule has 1 aliphatic heterocycles. The SMILES string of the molecule is COC(=O)c1c(/N=C/c2ccc(C)cc2O)sc2c1CCN(C)C2. The number of aliphatic imine (C=N–C) groups is 1. The molecule has 0 bridgehead atoms. The van der Waals surface area contributed by atoms with Crippen molar-refractivity contribution in [3.8, 4) is 5.75 Å². The first-order chi connectivity index (χ1) is 11.5. The minimum Gasteiger partial charge on any atom is -0.507 e. The Bertz CT molecular complexity index is 811. The van der Waals surface area contributed by atoms with E-state index in [4.69, 9.17) is 4.74 Å². The van der Waals surface area contributed by atoms with Crippen LogP contribution in [0, 0.1) is 6.92 Å². The number of aromatic hydroxyl groups is 1. The molecule has 2 aromatic rings. The molecule has 1 aliphatic rings. The molecule has 0 spiro atoms. The molecule has 0 aliphatic carbocycles. The number of likely N-dealkylation sites (N-methyl/N-ethyl adjacent to an activating group) is 1. The minimum atomic E-state index is -0.350. The Kier molecular flexibility index (Phi) is 4.69. The van der Waals surface area contributed by atoms with Gasteiger partial charge in [0.05, 0.1) is 12.7 Å². The van der Waals surface area contributed by atoms with Crippen molar-refractivity contribution in [1.29, 1.82) is 0 Å². The predicted molar refractivity (Wildman–Crippen MR) is 95.8 cm³/mol. The van der Waals surface area contributed by atoms with E-state index < -0.39 is 0 Å². The van der Waals surface area contributed by atoms with E-state index in [1.54, 1.807) is 12.3 Å². The molecule has 0 saturated heterocycles. The highest BCUT2D eigenvalue weighted by Gasteiger charge is 2.27. The standard InChI is InChI=1S/C18H20N2O3S/c1-11-4-5-12(14(21)8-11)9-19-17-16(18(22)23-3)13-6-7-20(2)10-15(13)24-17/h4-5,8-9,21H,6-7,10H2,1-3H3/b19-9+. The summed E-state index contributed by atoms with van der Waals surface area (Å²) in [6.45, 7) is 3.64. The van der Waals surface area contributed by atoms with Crippen LogP contribution >= 0.6 is 11.3 Å². The van der Waals surface area contributed by atoms with E-state index in [2.05, 4.69) is 16.9 Å². The van der Waals surface area contributed by atoms with E-state index in [0.717, 1.165) is 35.5 Å². The molecule has 0 radical (unpaired) electrons. The number of carbonyl (C=O) groups is 1. The van der Waals surface area contributed by atoms with Gasteiger partial charge < -0.3 is 14.7 Å². The van der Waals surface area contributed by atoms with Gasteiger partial charge in [0.25, 0.3) is 0 Å². The zero-order valence-electron chi connectivity index (χ0n) is 14.0. The fourth-order valence-corrected chi connectivity index (χ4v) is 4.07. The number of carbonyl (C=O) groups excluding carboxylic acids is 1. The van der Waals surface area contributed by atoms with Crippen molar-refractivity contribution in [2.24, 2.45) is 4.99 Å². The predicted octanol–water partition coefficient (Wildman–Crippen LogP) is 3.29. The lowest BCUT2D eigenvalue weighted by atomic mass is 10.0. The fraction of sp³-hybridized carbons (Fsp3) is 0.333. The third-order valence-electron chi connectivity index (χ3n) is 4.13. The van der Waals surface area contributed by atoms with Crippen molar-refractivity contribution in [3.63, 3.8) is 0 Å². The molecule has 0 unspecified atom stereocenters. The molecule has 1 aromatic heterocycles. The Morgan fingerprint density at radius 3 is 2.96 bits per heavy atom. The maximum absolute atomic E-state index is 12.2. The number of phenols is 1. The van der Waals surface area contributed by atoms with Crippen LogP contribution in [0.25, 0.3) is 0 Å². The first-order valence-corrected chi connectivity index (χ1v) is 8.56. The van der Waals surface area contributed by atoms with E-state index in [1.165, 1.54) is 18.4 Å². The first kappa shape index (κ1) is 16.7. The number of ether oxygens (including phenoxy) is 1. The first-order valence-electron chi connectivity index (χ1n) is 7.74. The molecule has 5 nitrogen and oxygen atoms in total. The van der Waals surface area contributed by atoms with Crippen molar-refractivity contribution in [3.05, 3.63) is 45.3 Å². The van der Waals surface area contributed by atoms with Crippen LogP contribution < -0.4 is 0 Å². The van der Waals surface area contributed by atoms with E-state index in [-0.39, 0.29) is 11.7 Å². The van der Waals surface area contributed by atoms with Gasteiger partial charge >= 0.3 is 5.97 Å². The summed E-state index contributed by atoms with van der Waals surface area (Å²) in [4.78, 5) is 20.1. The van der Waals surface area contributed by atoms with Gasteiger partial charge in [-0.1, -0.05) is 6.07 Å². The highest BCUT2D eigenvalue weighted by atomic mass is 32.1. The summed E-state index contributed by atoms with van der Waals surface area (Å²) < 4.78 is 4.95. The van der Waals surface area contributed by atoms with Gasteiger partial charge in [0, 0.05) is 29.7 Å². The van der Waals surface area contributed by atoms with Crippen LogP contribution in [-0.4, -0.2) is 42.9 Å². The molecular weight excluding hydrogens is 324 g/mol. The lowest BCUT2D eigenvalue weighted by Gasteiger charge is -2.22. The second kappa shape index (κ2) is 6.75. The monoisotopic (exact) mass is 344 g/mol. The summed E-state index contributed by atoms with van der Waals surface area (Å²) in [5.74, 6) is -0.170. The molecule has 0 fully saturated rings. The number of phenolic OH excluding ortho intramolecular Hbond substituents is 1.